The number of benzene rings is 2. The number of aliphatic hydroxyl groups is 1. The number of amides is 1. The zero-order valence-electron chi connectivity index (χ0n) is 20.5. The van der Waals surface area contributed by atoms with Crippen molar-refractivity contribution in [1.29, 1.82) is 0 Å². The van der Waals surface area contributed by atoms with Crippen LogP contribution in [-0.4, -0.2) is 79.7 Å². The maximum Gasteiger partial charge on any atom is 0.295 e. The molecule has 0 unspecified atom stereocenters. The molecule has 186 valence electrons. The number of carbonyl (C=O) groups excluding carboxylic acids is 2. The van der Waals surface area contributed by atoms with E-state index < -0.39 is 17.7 Å². The third-order valence-corrected chi connectivity index (χ3v) is 6.50. The van der Waals surface area contributed by atoms with Crippen LogP contribution in [0.15, 0.2) is 48.0 Å². The van der Waals surface area contributed by atoms with Gasteiger partial charge >= 0.3 is 0 Å². The van der Waals surface area contributed by atoms with E-state index in [0.717, 1.165) is 18.7 Å². The van der Waals surface area contributed by atoms with Gasteiger partial charge in [-0.3, -0.25) is 14.5 Å². The van der Waals surface area contributed by atoms with Crippen LogP contribution in [0, 0.1) is 6.92 Å². The van der Waals surface area contributed by atoms with Crippen LogP contribution in [0.1, 0.15) is 29.7 Å². The van der Waals surface area contributed by atoms with Crippen LogP contribution in [0.4, 0.5) is 0 Å². The molecule has 8 heteroatoms. The first-order valence-electron chi connectivity index (χ1n) is 11.9. The van der Waals surface area contributed by atoms with Crippen LogP contribution in [0.25, 0.3) is 5.76 Å². The van der Waals surface area contributed by atoms with Crippen LogP contribution in [0.3, 0.4) is 0 Å². The van der Waals surface area contributed by atoms with Gasteiger partial charge in [-0.05, 0) is 43.7 Å². The third-order valence-electron chi connectivity index (χ3n) is 6.50. The van der Waals surface area contributed by atoms with Crippen LogP contribution in [0.2, 0.25) is 0 Å². The number of methoxy groups -OCH3 is 1. The van der Waals surface area contributed by atoms with Crippen molar-refractivity contribution in [3.8, 4) is 11.5 Å². The minimum Gasteiger partial charge on any atom is -0.507 e. The molecule has 2 aromatic rings. The minimum absolute atomic E-state index is 0.0670. The fourth-order valence-corrected chi connectivity index (χ4v) is 4.68. The molecule has 2 aromatic carbocycles. The van der Waals surface area contributed by atoms with Gasteiger partial charge in [0.1, 0.15) is 17.3 Å². The van der Waals surface area contributed by atoms with Gasteiger partial charge in [0.2, 0.25) is 0 Å². The Morgan fingerprint density at radius 1 is 1.11 bits per heavy atom. The highest BCUT2D eigenvalue weighted by Gasteiger charge is 2.47. The van der Waals surface area contributed by atoms with Crippen molar-refractivity contribution in [2.24, 2.45) is 0 Å². The fourth-order valence-electron chi connectivity index (χ4n) is 4.68. The average molecular weight is 481 g/mol. The third kappa shape index (κ3) is 5.04. The van der Waals surface area contributed by atoms with Crippen molar-refractivity contribution in [2.45, 2.75) is 19.9 Å². The lowest BCUT2D eigenvalue weighted by Crippen LogP contribution is -2.42. The van der Waals surface area contributed by atoms with E-state index in [1.807, 2.05) is 38.1 Å². The number of hydrogen-bond donors (Lipinski definition) is 1. The Balaban J connectivity index is 1.80. The molecule has 1 amide bonds. The van der Waals surface area contributed by atoms with Crippen molar-refractivity contribution in [3.63, 3.8) is 0 Å². The molecule has 0 aliphatic carbocycles. The van der Waals surface area contributed by atoms with Gasteiger partial charge < -0.3 is 24.2 Å². The van der Waals surface area contributed by atoms with E-state index in [1.54, 1.807) is 30.2 Å². The largest absolute Gasteiger partial charge is 0.507 e. The van der Waals surface area contributed by atoms with Gasteiger partial charge in [0.05, 0.1) is 38.5 Å². The number of aliphatic hydroxyl groups excluding tert-OH is 1. The summed E-state index contributed by atoms with van der Waals surface area (Å²) in [4.78, 5) is 30.4. The van der Waals surface area contributed by atoms with Crippen molar-refractivity contribution < 1.29 is 28.9 Å². The number of hydrogen-bond acceptors (Lipinski definition) is 7. The first-order chi connectivity index (χ1) is 17.0. The zero-order chi connectivity index (χ0) is 24.9. The molecule has 1 N–H and O–H groups in total. The predicted octanol–water partition coefficient (Wildman–Crippen LogP) is 3.16. The molecule has 0 radical (unpaired) electrons. The molecule has 0 bridgehead atoms. The number of para-hydroxylation sites is 1. The van der Waals surface area contributed by atoms with Crippen LogP contribution < -0.4 is 9.47 Å². The van der Waals surface area contributed by atoms with Crippen LogP contribution in [0.5, 0.6) is 11.5 Å². The maximum absolute atomic E-state index is 13.4. The first kappa shape index (κ1) is 24.8. The summed E-state index contributed by atoms with van der Waals surface area (Å²) in [6, 6.07) is 11.8. The lowest BCUT2D eigenvalue weighted by molar-refractivity contribution is -0.140. The number of carbonyl (C=O) groups is 2. The minimum atomic E-state index is -0.764. The molecule has 35 heavy (non-hydrogen) atoms. The highest BCUT2D eigenvalue weighted by Crippen LogP contribution is 2.43. The molecule has 4 rings (SSSR count). The Kier molecular flexibility index (Phi) is 7.73. The molecule has 0 spiro atoms. The molecule has 2 saturated heterocycles. The number of rotatable bonds is 8. The van der Waals surface area contributed by atoms with Crippen molar-refractivity contribution in [3.05, 3.63) is 64.7 Å². The first-order valence-corrected chi connectivity index (χ1v) is 11.9. The van der Waals surface area contributed by atoms with E-state index in [1.165, 1.54) is 0 Å². The normalized spacial score (nSPS) is 20.3. The Morgan fingerprint density at radius 3 is 2.54 bits per heavy atom. The maximum atomic E-state index is 13.4. The summed E-state index contributed by atoms with van der Waals surface area (Å²) in [5.74, 6) is -0.300. The van der Waals surface area contributed by atoms with Crippen LogP contribution in [-0.2, 0) is 14.3 Å². The lowest BCUT2D eigenvalue weighted by Gasteiger charge is -2.31. The van der Waals surface area contributed by atoms with Crippen LogP contribution >= 0.6 is 0 Å². The fraction of sp³-hybridized carbons (Fsp3) is 0.407. The van der Waals surface area contributed by atoms with Gasteiger partial charge in [-0.25, -0.2) is 0 Å². The summed E-state index contributed by atoms with van der Waals surface area (Å²) in [5.41, 5.74) is 1.95. The molecule has 0 saturated carbocycles. The Labute approximate surface area is 205 Å². The summed E-state index contributed by atoms with van der Waals surface area (Å²) in [6.45, 7) is 7.92. The summed E-state index contributed by atoms with van der Waals surface area (Å²) in [5, 5.41) is 11.4. The summed E-state index contributed by atoms with van der Waals surface area (Å²) < 4.78 is 16.6. The number of aryl methyl sites for hydroxylation is 1. The number of nitrogens with zero attached hydrogens (tertiary/aromatic N) is 2. The van der Waals surface area contributed by atoms with Gasteiger partial charge in [0, 0.05) is 37.3 Å². The van der Waals surface area contributed by atoms with Crippen molar-refractivity contribution in [2.75, 3.05) is 53.1 Å². The Bertz CT molecular complexity index is 1120. The van der Waals surface area contributed by atoms with E-state index in [4.69, 9.17) is 14.2 Å². The van der Waals surface area contributed by atoms with Gasteiger partial charge in [0.15, 0.2) is 0 Å². The Hall–Kier alpha value is -3.36. The number of likely N-dealkylation sites (tertiary alicyclic amines) is 1. The molecular formula is C27H32N2O6. The van der Waals surface area contributed by atoms with E-state index in [9.17, 15) is 14.7 Å². The molecule has 1 atom stereocenters. The summed E-state index contributed by atoms with van der Waals surface area (Å²) >= 11 is 0. The smallest absolute Gasteiger partial charge is 0.295 e. The van der Waals surface area contributed by atoms with E-state index in [2.05, 4.69) is 4.90 Å². The summed E-state index contributed by atoms with van der Waals surface area (Å²) in [6.07, 6.45) is 0. The van der Waals surface area contributed by atoms with Crippen molar-refractivity contribution in [1.82, 2.24) is 9.80 Å². The van der Waals surface area contributed by atoms with Gasteiger partial charge in [-0.15, -0.1) is 0 Å². The van der Waals surface area contributed by atoms with E-state index in [-0.39, 0.29) is 11.3 Å². The van der Waals surface area contributed by atoms with Crippen molar-refractivity contribution >= 4 is 17.4 Å². The summed E-state index contributed by atoms with van der Waals surface area (Å²) in [7, 11) is 1.57. The van der Waals surface area contributed by atoms with Gasteiger partial charge in [0.25, 0.3) is 11.7 Å². The molecule has 2 fully saturated rings. The predicted molar refractivity (Wildman–Crippen MR) is 132 cm³/mol. The molecular weight excluding hydrogens is 448 g/mol. The zero-order valence-corrected chi connectivity index (χ0v) is 20.5. The molecule has 2 aliphatic heterocycles. The molecule has 0 aromatic heterocycles. The van der Waals surface area contributed by atoms with E-state index >= 15 is 0 Å². The standard InChI is InChI=1S/C27H32N2O6/c1-4-35-22-8-6-5-7-21(22)24-23(25(30)20-10-9-19(33-3)17-18(20)2)26(31)27(32)29(24)12-11-28-13-15-34-16-14-28/h5-10,17,24,30H,4,11-16H2,1-3H3/t24-/m1/s1. The van der Waals surface area contributed by atoms with Gasteiger partial charge in [-0.1, -0.05) is 18.2 Å². The number of ether oxygens (including phenoxy) is 3. The number of morpholine rings is 1. The lowest BCUT2D eigenvalue weighted by atomic mass is 9.93. The second kappa shape index (κ2) is 10.9. The van der Waals surface area contributed by atoms with E-state index in [0.29, 0.717) is 55.5 Å². The second-order valence-corrected chi connectivity index (χ2v) is 8.60. The Morgan fingerprint density at radius 2 is 1.86 bits per heavy atom. The van der Waals surface area contributed by atoms with Gasteiger partial charge in [-0.2, -0.15) is 0 Å². The SMILES string of the molecule is CCOc1ccccc1[C@@H]1C(=C(O)c2ccc(OC)cc2C)C(=O)C(=O)N1CCN1CCOCC1. The number of Topliss-reactive ketones (excluding diaryl/α,β-unsaturated/α-hetero) is 1. The topological polar surface area (TPSA) is 88.5 Å². The average Bonchev–Trinajstić information content (AvgIpc) is 3.13. The molecule has 8 nitrogen and oxygen atoms in total. The highest BCUT2D eigenvalue weighted by molar-refractivity contribution is 6.46. The highest BCUT2D eigenvalue weighted by atomic mass is 16.5. The quantitative estimate of drug-likeness (QED) is 0.353. The molecule has 2 aliphatic rings. The molecule has 2 heterocycles. The monoisotopic (exact) mass is 480 g/mol. The second-order valence-electron chi connectivity index (χ2n) is 8.60. The number of ketones is 1.